The maximum Gasteiger partial charge on any atom is 0.331 e. The van der Waals surface area contributed by atoms with Crippen LogP contribution in [0.3, 0.4) is 0 Å². The maximum absolute atomic E-state index is 13.1. The highest BCUT2D eigenvalue weighted by Gasteiger charge is 2.25. The Morgan fingerprint density at radius 2 is 1.83 bits per heavy atom. The van der Waals surface area contributed by atoms with Gasteiger partial charge in [0, 0.05) is 58.1 Å². The Labute approximate surface area is 214 Å². The van der Waals surface area contributed by atoms with Crippen LogP contribution in [-0.2, 0) is 22.6 Å². The molecule has 1 N–H and O–H groups in total. The fourth-order valence-electron chi connectivity index (χ4n) is 5.30. The highest BCUT2D eigenvalue weighted by atomic mass is 32.1. The molecule has 1 saturated carbocycles. The largest absolute Gasteiger partial charge is 0.382 e. The number of carbonyl (C=O) groups is 2. The van der Waals surface area contributed by atoms with Crippen LogP contribution in [0.1, 0.15) is 66.4 Å². The maximum atomic E-state index is 13.1. The molecule has 1 fully saturated rings. The van der Waals surface area contributed by atoms with E-state index in [0.717, 1.165) is 64.5 Å². The summed E-state index contributed by atoms with van der Waals surface area (Å²) in [5, 5.41) is 19.2. The fourth-order valence-corrected chi connectivity index (χ4v) is 6.02. The molecule has 0 aliphatic heterocycles. The molecular weight excluding hydrogens is 472 g/mol. The Morgan fingerprint density at radius 3 is 2.50 bits per heavy atom. The average molecular weight is 503 g/mol. The number of nitrogens with zero attached hydrogens (tertiary/aromatic N) is 2. The predicted octanol–water partition coefficient (Wildman–Crippen LogP) is 6.44. The van der Waals surface area contributed by atoms with Gasteiger partial charge in [0.2, 0.25) is 0 Å². The molecule has 6 nitrogen and oxygen atoms in total. The van der Waals surface area contributed by atoms with Gasteiger partial charge in [0.05, 0.1) is 5.71 Å². The van der Waals surface area contributed by atoms with Crippen molar-refractivity contribution >= 4 is 50.6 Å². The van der Waals surface area contributed by atoms with Crippen molar-refractivity contribution in [2.24, 2.45) is 11.1 Å². The van der Waals surface area contributed by atoms with Crippen LogP contribution in [0, 0.1) is 5.92 Å². The van der Waals surface area contributed by atoms with Gasteiger partial charge in [0.1, 0.15) is 6.10 Å². The van der Waals surface area contributed by atoms with Crippen LogP contribution in [0.5, 0.6) is 0 Å². The predicted molar refractivity (Wildman–Crippen MR) is 144 cm³/mol. The normalized spacial score (nSPS) is 15.6. The number of aromatic nitrogens is 1. The molecule has 0 amide bonds. The van der Waals surface area contributed by atoms with Gasteiger partial charge in [0.15, 0.2) is 5.78 Å². The lowest BCUT2D eigenvalue weighted by molar-refractivity contribution is -0.141. The van der Waals surface area contributed by atoms with Crippen molar-refractivity contribution in [1.29, 1.82) is 0 Å². The van der Waals surface area contributed by atoms with Crippen molar-refractivity contribution in [3.05, 3.63) is 69.9 Å². The third kappa shape index (κ3) is 4.73. The number of benzene rings is 2. The van der Waals surface area contributed by atoms with E-state index in [4.69, 9.17) is 4.84 Å². The minimum absolute atomic E-state index is 0.122. The van der Waals surface area contributed by atoms with Gasteiger partial charge in [-0.2, -0.15) is 0 Å². The van der Waals surface area contributed by atoms with Crippen LogP contribution in [0.4, 0.5) is 0 Å². The number of hydrogen-bond acceptors (Lipinski definition) is 6. The van der Waals surface area contributed by atoms with Gasteiger partial charge in [-0.25, -0.2) is 4.79 Å². The summed E-state index contributed by atoms with van der Waals surface area (Å²) in [5.41, 5.74) is 3.89. The summed E-state index contributed by atoms with van der Waals surface area (Å²) in [4.78, 5) is 30.5. The van der Waals surface area contributed by atoms with E-state index in [1.165, 1.54) is 6.92 Å². The number of hydrogen-bond donors (Lipinski definition) is 1. The van der Waals surface area contributed by atoms with Gasteiger partial charge in [-0.15, -0.1) is 11.3 Å². The zero-order valence-electron chi connectivity index (χ0n) is 20.6. The second kappa shape index (κ2) is 10.4. The van der Waals surface area contributed by atoms with Crippen LogP contribution >= 0.6 is 11.3 Å². The molecule has 1 aliphatic carbocycles. The van der Waals surface area contributed by atoms with E-state index < -0.39 is 12.1 Å². The number of rotatable bonds is 8. The van der Waals surface area contributed by atoms with E-state index in [1.807, 2.05) is 53.9 Å². The minimum atomic E-state index is -1.04. The molecule has 7 heteroatoms. The van der Waals surface area contributed by atoms with Crippen LogP contribution in [0.25, 0.3) is 21.8 Å². The lowest BCUT2D eigenvalue weighted by Crippen LogP contribution is -2.16. The molecule has 0 spiro atoms. The summed E-state index contributed by atoms with van der Waals surface area (Å²) in [5.74, 6) is -0.182. The van der Waals surface area contributed by atoms with Gasteiger partial charge in [-0.05, 0) is 67.1 Å². The number of carbonyl (C=O) groups excluding carboxylic acids is 2. The van der Waals surface area contributed by atoms with Crippen LogP contribution < -0.4 is 0 Å². The number of ketones is 1. The number of aliphatic hydroxyl groups excluding tert-OH is 1. The molecule has 0 bridgehead atoms. The first-order valence-corrected chi connectivity index (χ1v) is 13.4. The molecule has 186 valence electrons. The number of aryl methyl sites for hydroxylation is 1. The standard InChI is InChI=1S/C29H30N2O4S/c1-3-31-26-12-10-20(28(33)19-7-4-5-8-19)15-23(26)24-16-21(11-13-27(24)31)29(34)25(30-35-18(2)32)17-22-9-6-14-36-22/h6,9-16,19,29,34H,3-5,7-8,17H2,1-2H3/b30-25-. The first kappa shape index (κ1) is 24.4. The Hall–Kier alpha value is -3.29. The third-order valence-corrected chi connectivity index (χ3v) is 7.95. The molecular formula is C29H30N2O4S. The van der Waals surface area contributed by atoms with E-state index in [2.05, 4.69) is 16.6 Å². The summed E-state index contributed by atoms with van der Waals surface area (Å²) in [7, 11) is 0. The Bertz CT molecular complexity index is 1450. The van der Waals surface area contributed by atoms with Gasteiger partial charge < -0.3 is 14.5 Å². The van der Waals surface area contributed by atoms with Crippen molar-refractivity contribution in [2.45, 2.75) is 58.6 Å². The molecule has 5 rings (SSSR count). The number of Topliss-reactive ketones (excluding diaryl/α,β-unsaturated/α-hetero) is 1. The van der Waals surface area contributed by atoms with Crippen molar-refractivity contribution in [3.63, 3.8) is 0 Å². The quantitative estimate of drug-likeness (QED) is 0.130. The summed E-state index contributed by atoms with van der Waals surface area (Å²) < 4.78 is 2.23. The topological polar surface area (TPSA) is 80.9 Å². The molecule has 1 atom stereocenters. The highest BCUT2D eigenvalue weighted by Crippen LogP contribution is 2.34. The molecule has 1 unspecified atom stereocenters. The van der Waals surface area contributed by atoms with Crippen molar-refractivity contribution in [2.75, 3.05) is 0 Å². The van der Waals surface area contributed by atoms with Gasteiger partial charge in [-0.3, -0.25) is 4.79 Å². The first-order valence-electron chi connectivity index (χ1n) is 12.5. The summed E-state index contributed by atoms with van der Waals surface area (Å²) in [6.07, 6.45) is 3.52. The van der Waals surface area contributed by atoms with Crippen LogP contribution in [0.15, 0.2) is 59.1 Å². The number of thiophene rings is 1. The zero-order valence-corrected chi connectivity index (χ0v) is 21.4. The second-order valence-corrected chi connectivity index (χ2v) is 10.5. The zero-order chi connectivity index (χ0) is 25.2. The molecule has 36 heavy (non-hydrogen) atoms. The molecule has 0 saturated heterocycles. The van der Waals surface area contributed by atoms with Gasteiger partial charge in [0.25, 0.3) is 0 Å². The smallest absolute Gasteiger partial charge is 0.331 e. The minimum Gasteiger partial charge on any atom is -0.382 e. The van der Waals surface area contributed by atoms with Crippen molar-refractivity contribution < 1.29 is 19.5 Å². The van der Waals surface area contributed by atoms with E-state index in [1.54, 1.807) is 11.3 Å². The third-order valence-electron chi connectivity index (χ3n) is 7.07. The lowest BCUT2D eigenvalue weighted by Gasteiger charge is -2.14. The average Bonchev–Trinajstić information content (AvgIpc) is 3.65. The number of aliphatic hydroxyl groups is 1. The monoisotopic (exact) mass is 502 g/mol. The Balaban J connectivity index is 1.57. The Morgan fingerprint density at radius 1 is 1.11 bits per heavy atom. The SMILES string of the molecule is CCn1c2ccc(C(=O)C3CCCC3)cc2c2cc(C(O)/C(Cc3cccs3)=N\OC(C)=O)ccc21. The number of oxime groups is 1. The van der Waals surface area contributed by atoms with E-state index in [-0.39, 0.29) is 11.7 Å². The highest BCUT2D eigenvalue weighted by molar-refractivity contribution is 7.10. The van der Waals surface area contributed by atoms with E-state index in [0.29, 0.717) is 17.7 Å². The van der Waals surface area contributed by atoms with Crippen molar-refractivity contribution in [3.8, 4) is 0 Å². The first-order chi connectivity index (χ1) is 17.5. The second-order valence-electron chi connectivity index (χ2n) is 9.42. The van der Waals surface area contributed by atoms with Gasteiger partial charge in [-0.1, -0.05) is 30.1 Å². The van der Waals surface area contributed by atoms with E-state index >= 15 is 0 Å². The number of fused-ring (bicyclic) bond motifs is 3. The molecule has 0 radical (unpaired) electrons. The molecule has 2 heterocycles. The molecule has 2 aromatic heterocycles. The Kier molecular flexibility index (Phi) is 7.03. The van der Waals surface area contributed by atoms with E-state index in [9.17, 15) is 14.7 Å². The lowest BCUT2D eigenvalue weighted by atomic mass is 9.95. The van der Waals surface area contributed by atoms with Crippen LogP contribution in [0.2, 0.25) is 0 Å². The molecule has 2 aromatic carbocycles. The molecule has 4 aromatic rings. The van der Waals surface area contributed by atoms with Gasteiger partial charge >= 0.3 is 5.97 Å². The summed E-state index contributed by atoms with van der Waals surface area (Å²) in [6, 6.07) is 15.8. The molecule has 1 aliphatic rings. The van der Waals surface area contributed by atoms with Crippen LogP contribution in [-0.4, -0.2) is 27.1 Å². The summed E-state index contributed by atoms with van der Waals surface area (Å²) >= 11 is 1.56. The fraction of sp³-hybridized carbons (Fsp3) is 0.345. The summed E-state index contributed by atoms with van der Waals surface area (Å²) in [6.45, 7) is 4.17. The van der Waals surface area contributed by atoms with Crippen molar-refractivity contribution in [1.82, 2.24) is 4.57 Å².